The van der Waals surface area contributed by atoms with Crippen LogP contribution in [0, 0.1) is 0 Å². The zero-order valence-electron chi connectivity index (χ0n) is 13.3. The fourth-order valence-corrected chi connectivity index (χ4v) is 2.27. The number of rotatable bonds is 7. The number of hydrogen-bond acceptors (Lipinski definition) is 3. The van der Waals surface area contributed by atoms with Gasteiger partial charge in [0, 0.05) is 12.7 Å². The van der Waals surface area contributed by atoms with E-state index in [2.05, 4.69) is 10.4 Å². The summed E-state index contributed by atoms with van der Waals surface area (Å²) in [5.41, 5.74) is 2.09. The van der Waals surface area contributed by atoms with Crippen molar-refractivity contribution in [2.45, 2.75) is 6.42 Å². The first kappa shape index (κ1) is 15.8. The van der Waals surface area contributed by atoms with Crippen molar-refractivity contribution in [1.82, 2.24) is 15.1 Å². The number of hydrogen-bond donors (Lipinski definition) is 1. The number of ether oxygens (including phenoxy) is 1. The first-order chi connectivity index (χ1) is 11.8. The third-order valence-corrected chi connectivity index (χ3v) is 3.51. The number of aromatic nitrogens is 2. The lowest BCUT2D eigenvalue weighted by molar-refractivity contribution is -0.123. The highest BCUT2D eigenvalue weighted by Crippen LogP contribution is 2.08. The zero-order valence-corrected chi connectivity index (χ0v) is 13.3. The van der Waals surface area contributed by atoms with Crippen molar-refractivity contribution in [1.29, 1.82) is 0 Å². The number of carbonyl (C=O) groups is 1. The largest absolute Gasteiger partial charge is 0.484 e. The number of carbonyl (C=O) groups excluding carboxylic acids is 1. The summed E-state index contributed by atoms with van der Waals surface area (Å²) in [5.74, 6) is 0.561. The van der Waals surface area contributed by atoms with E-state index in [0.717, 1.165) is 17.7 Å². The van der Waals surface area contributed by atoms with Crippen LogP contribution in [0.2, 0.25) is 0 Å². The Morgan fingerprint density at radius 2 is 1.75 bits per heavy atom. The van der Waals surface area contributed by atoms with Crippen molar-refractivity contribution in [2.24, 2.45) is 0 Å². The summed E-state index contributed by atoms with van der Waals surface area (Å²) in [7, 11) is 0. The van der Waals surface area contributed by atoms with Crippen molar-refractivity contribution in [3.8, 4) is 11.4 Å². The highest BCUT2D eigenvalue weighted by Gasteiger charge is 2.04. The Labute approximate surface area is 140 Å². The van der Waals surface area contributed by atoms with Crippen molar-refractivity contribution in [2.75, 3.05) is 13.2 Å². The Morgan fingerprint density at radius 1 is 1.04 bits per heavy atom. The molecule has 0 atom stereocenters. The van der Waals surface area contributed by atoms with E-state index in [-0.39, 0.29) is 12.5 Å². The van der Waals surface area contributed by atoms with E-state index in [1.165, 1.54) is 0 Å². The van der Waals surface area contributed by atoms with Gasteiger partial charge in [0.2, 0.25) is 0 Å². The maximum absolute atomic E-state index is 11.8. The molecule has 0 fully saturated rings. The maximum Gasteiger partial charge on any atom is 0.257 e. The van der Waals surface area contributed by atoms with Gasteiger partial charge in [-0.3, -0.25) is 4.79 Å². The molecule has 1 heterocycles. The standard InChI is InChI=1S/C19H19N3O2/c23-19(15-24-18-9-5-2-6-10-18)20-12-11-16-13-21-22(14-16)17-7-3-1-4-8-17/h1-10,13-14H,11-12,15H2,(H,20,23). The Hall–Kier alpha value is -3.08. The van der Waals surface area contributed by atoms with Crippen molar-refractivity contribution in [3.63, 3.8) is 0 Å². The monoisotopic (exact) mass is 321 g/mol. The summed E-state index contributed by atoms with van der Waals surface area (Å²) in [4.78, 5) is 11.8. The minimum atomic E-state index is -0.130. The van der Waals surface area contributed by atoms with Crippen molar-refractivity contribution in [3.05, 3.63) is 78.6 Å². The second-order valence-electron chi connectivity index (χ2n) is 5.33. The molecular formula is C19H19N3O2. The molecule has 122 valence electrons. The number of nitrogens with one attached hydrogen (secondary N) is 1. The van der Waals surface area contributed by atoms with Crippen LogP contribution < -0.4 is 10.1 Å². The van der Waals surface area contributed by atoms with Crippen LogP contribution in [0.15, 0.2) is 73.1 Å². The lowest BCUT2D eigenvalue weighted by Crippen LogP contribution is -2.30. The van der Waals surface area contributed by atoms with Crippen LogP contribution in [0.1, 0.15) is 5.56 Å². The lowest BCUT2D eigenvalue weighted by Gasteiger charge is -2.06. The molecule has 0 unspecified atom stereocenters. The number of benzene rings is 2. The number of nitrogens with zero attached hydrogens (tertiary/aromatic N) is 2. The normalized spacial score (nSPS) is 10.3. The van der Waals surface area contributed by atoms with Gasteiger partial charge in [0.15, 0.2) is 6.61 Å². The summed E-state index contributed by atoms with van der Waals surface area (Å²) >= 11 is 0. The van der Waals surface area contributed by atoms with Gasteiger partial charge in [-0.25, -0.2) is 4.68 Å². The minimum absolute atomic E-state index is 0.0211. The fraction of sp³-hybridized carbons (Fsp3) is 0.158. The fourth-order valence-electron chi connectivity index (χ4n) is 2.27. The predicted octanol–water partition coefficient (Wildman–Crippen LogP) is 2.61. The van der Waals surface area contributed by atoms with Crippen molar-refractivity contribution >= 4 is 5.91 Å². The molecule has 3 rings (SSSR count). The van der Waals surface area contributed by atoms with E-state index in [1.54, 1.807) is 0 Å². The summed E-state index contributed by atoms with van der Waals surface area (Å²) < 4.78 is 7.23. The first-order valence-corrected chi connectivity index (χ1v) is 7.85. The molecule has 24 heavy (non-hydrogen) atoms. The molecule has 3 aromatic rings. The molecule has 5 heteroatoms. The van der Waals surface area contributed by atoms with E-state index in [9.17, 15) is 4.79 Å². The number of para-hydroxylation sites is 2. The minimum Gasteiger partial charge on any atom is -0.484 e. The molecule has 5 nitrogen and oxygen atoms in total. The molecule has 1 N–H and O–H groups in total. The molecule has 1 aromatic heterocycles. The van der Waals surface area contributed by atoms with Gasteiger partial charge >= 0.3 is 0 Å². The zero-order chi connectivity index (χ0) is 16.6. The molecule has 2 aromatic carbocycles. The summed E-state index contributed by atoms with van der Waals surface area (Å²) in [6.07, 6.45) is 4.52. The van der Waals surface area contributed by atoms with E-state index in [4.69, 9.17) is 4.74 Å². The van der Waals surface area contributed by atoms with Gasteiger partial charge in [-0.2, -0.15) is 5.10 Å². The van der Waals surface area contributed by atoms with Gasteiger partial charge in [0.1, 0.15) is 5.75 Å². The summed E-state index contributed by atoms with van der Waals surface area (Å²) in [6.45, 7) is 0.574. The highest BCUT2D eigenvalue weighted by molar-refractivity contribution is 5.77. The Bertz CT molecular complexity index is 770. The van der Waals surface area contributed by atoms with Gasteiger partial charge in [-0.05, 0) is 36.2 Å². The van der Waals surface area contributed by atoms with Crippen LogP contribution >= 0.6 is 0 Å². The van der Waals surface area contributed by atoms with E-state index >= 15 is 0 Å². The predicted molar refractivity (Wildman–Crippen MR) is 92.2 cm³/mol. The van der Waals surface area contributed by atoms with Gasteiger partial charge in [-0.1, -0.05) is 36.4 Å². The summed E-state index contributed by atoms with van der Waals surface area (Å²) in [5, 5.41) is 7.19. The molecule has 0 radical (unpaired) electrons. The van der Waals surface area contributed by atoms with Gasteiger partial charge < -0.3 is 10.1 Å². The molecule has 0 saturated heterocycles. The maximum atomic E-state index is 11.8. The second-order valence-corrected chi connectivity index (χ2v) is 5.33. The van der Waals surface area contributed by atoms with Crippen LogP contribution in [-0.4, -0.2) is 28.8 Å². The van der Waals surface area contributed by atoms with E-state index in [0.29, 0.717) is 12.3 Å². The van der Waals surface area contributed by atoms with Crippen molar-refractivity contribution < 1.29 is 9.53 Å². The van der Waals surface area contributed by atoms with Gasteiger partial charge in [-0.15, -0.1) is 0 Å². The highest BCUT2D eigenvalue weighted by atomic mass is 16.5. The van der Waals surface area contributed by atoms with Crippen LogP contribution in [0.25, 0.3) is 5.69 Å². The van der Waals surface area contributed by atoms with E-state index < -0.39 is 0 Å². The van der Waals surface area contributed by atoms with Crippen LogP contribution in [-0.2, 0) is 11.2 Å². The van der Waals surface area contributed by atoms with Gasteiger partial charge in [0.05, 0.1) is 11.9 Å². The third-order valence-electron chi connectivity index (χ3n) is 3.51. The van der Waals surface area contributed by atoms with Crippen LogP contribution in [0.4, 0.5) is 0 Å². The molecule has 0 saturated carbocycles. The van der Waals surface area contributed by atoms with Gasteiger partial charge in [0.25, 0.3) is 5.91 Å². The molecule has 0 spiro atoms. The molecule has 0 aliphatic rings. The Balaban J connectivity index is 1.42. The van der Waals surface area contributed by atoms with Crippen LogP contribution in [0.5, 0.6) is 5.75 Å². The quantitative estimate of drug-likeness (QED) is 0.728. The topological polar surface area (TPSA) is 56.1 Å². The molecule has 1 amide bonds. The number of amides is 1. The average molecular weight is 321 g/mol. The molecular weight excluding hydrogens is 302 g/mol. The summed E-state index contributed by atoms with van der Waals surface area (Å²) in [6, 6.07) is 19.2. The van der Waals surface area contributed by atoms with Crippen LogP contribution in [0.3, 0.4) is 0 Å². The molecule has 0 aliphatic heterocycles. The smallest absolute Gasteiger partial charge is 0.257 e. The Kier molecular flexibility index (Phi) is 5.24. The molecule has 0 bridgehead atoms. The average Bonchev–Trinajstić information content (AvgIpc) is 3.11. The Morgan fingerprint density at radius 3 is 2.50 bits per heavy atom. The van der Waals surface area contributed by atoms with E-state index in [1.807, 2.05) is 77.7 Å². The third kappa shape index (κ3) is 4.46. The second kappa shape index (κ2) is 7.97. The SMILES string of the molecule is O=C(COc1ccccc1)NCCc1cnn(-c2ccccc2)c1. The molecule has 0 aliphatic carbocycles. The first-order valence-electron chi connectivity index (χ1n) is 7.85. The lowest BCUT2D eigenvalue weighted by atomic mass is 10.2.